The SMILES string of the molecule is CCOc1ccc(-c2nc(C(=O)N3CCO[C@@H](CC(=O)O)C3)cs2)cc1. The van der Waals surface area contributed by atoms with E-state index in [-0.39, 0.29) is 18.9 Å². The van der Waals surface area contributed by atoms with Crippen molar-refractivity contribution in [1.29, 1.82) is 0 Å². The van der Waals surface area contributed by atoms with Crippen LogP contribution in [0.25, 0.3) is 10.6 Å². The van der Waals surface area contributed by atoms with E-state index in [0.29, 0.717) is 25.5 Å². The maximum Gasteiger partial charge on any atom is 0.306 e. The smallest absolute Gasteiger partial charge is 0.306 e. The Hall–Kier alpha value is -2.45. The minimum Gasteiger partial charge on any atom is -0.494 e. The van der Waals surface area contributed by atoms with Crippen LogP contribution in [0.15, 0.2) is 29.6 Å². The van der Waals surface area contributed by atoms with Crippen molar-refractivity contribution in [3.05, 3.63) is 35.3 Å². The number of carbonyl (C=O) groups excluding carboxylic acids is 1. The molecule has 1 aliphatic rings. The third kappa shape index (κ3) is 4.39. The summed E-state index contributed by atoms with van der Waals surface area (Å²) in [7, 11) is 0. The maximum atomic E-state index is 12.7. The molecule has 26 heavy (non-hydrogen) atoms. The highest BCUT2D eigenvalue weighted by atomic mass is 32.1. The van der Waals surface area contributed by atoms with Crippen molar-refractivity contribution in [1.82, 2.24) is 9.88 Å². The number of morpholine rings is 1. The van der Waals surface area contributed by atoms with Crippen LogP contribution in [0.4, 0.5) is 0 Å². The number of thiazole rings is 1. The number of carboxylic acid groups (broad SMARTS) is 1. The van der Waals surface area contributed by atoms with Crippen LogP contribution in [0.1, 0.15) is 23.8 Å². The van der Waals surface area contributed by atoms with Gasteiger partial charge in [0.25, 0.3) is 5.91 Å². The number of hydrogen-bond donors (Lipinski definition) is 1. The van der Waals surface area contributed by atoms with Crippen LogP contribution in [0.3, 0.4) is 0 Å². The van der Waals surface area contributed by atoms with E-state index in [1.54, 1.807) is 10.3 Å². The summed E-state index contributed by atoms with van der Waals surface area (Å²) >= 11 is 1.40. The maximum absolute atomic E-state index is 12.7. The van der Waals surface area contributed by atoms with Gasteiger partial charge < -0.3 is 19.5 Å². The average molecular weight is 376 g/mol. The molecule has 3 rings (SSSR count). The first-order valence-electron chi connectivity index (χ1n) is 8.38. The van der Waals surface area contributed by atoms with Gasteiger partial charge in [-0.15, -0.1) is 11.3 Å². The fourth-order valence-electron chi connectivity index (χ4n) is 2.75. The Kier molecular flexibility index (Phi) is 5.85. The Balaban J connectivity index is 1.68. The van der Waals surface area contributed by atoms with Gasteiger partial charge in [-0.3, -0.25) is 9.59 Å². The molecule has 0 spiro atoms. The Morgan fingerprint density at radius 1 is 1.38 bits per heavy atom. The van der Waals surface area contributed by atoms with Crippen LogP contribution < -0.4 is 4.74 Å². The monoisotopic (exact) mass is 376 g/mol. The lowest BCUT2D eigenvalue weighted by atomic mass is 10.2. The second-order valence-corrected chi connectivity index (χ2v) is 6.70. The predicted octanol–water partition coefficient (Wildman–Crippen LogP) is 2.52. The molecule has 1 fully saturated rings. The van der Waals surface area contributed by atoms with Crippen molar-refractivity contribution in [3.8, 4) is 16.3 Å². The first kappa shape index (κ1) is 18.3. The largest absolute Gasteiger partial charge is 0.494 e. The molecule has 1 aromatic heterocycles. The number of benzene rings is 1. The Morgan fingerprint density at radius 2 is 2.15 bits per heavy atom. The van der Waals surface area contributed by atoms with Crippen molar-refractivity contribution in [3.63, 3.8) is 0 Å². The quantitative estimate of drug-likeness (QED) is 0.833. The summed E-state index contributed by atoms with van der Waals surface area (Å²) in [6, 6.07) is 7.58. The van der Waals surface area contributed by atoms with Crippen molar-refractivity contribution >= 4 is 23.2 Å². The number of carbonyl (C=O) groups is 2. The molecule has 0 aliphatic carbocycles. The third-order valence-electron chi connectivity index (χ3n) is 3.96. The minimum absolute atomic E-state index is 0.113. The molecular weight excluding hydrogens is 356 g/mol. The summed E-state index contributed by atoms with van der Waals surface area (Å²) in [6.45, 7) is 3.57. The van der Waals surface area contributed by atoms with Gasteiger partial charge in [0.15, 0.2) is 0 Å². The van der Waals surface area contributed by atoms with Gasteiger partial charge in [0.05, 0.1) is 25.7 Å². The predicted molar refractivity (Wildman–Crippen MR) is 96.6 cm³/mol. The van der Waals surface area contributed by atoms with E-state index in [1.807, 2.05) is 31.2 Å². The fourth-order valence-corrected chi connectivity index (χ4v) is 3.55. The molecule has 0 bridgehead atoms. The summed E-state index contributed by atoms with van der Waals surface area (Å²) in [5.41, 5.74) is 1.29. The molecule has 1 atom stereocenters. The number of aromatic nitrogens is 1. The highest BCUT2D eigenvalue weighted by Crippen LogP contribution is 2.26. The molecule has 138 valence electrons. The van der Waals surface area contributed by atoms with Crippen molar-refractivity contribution in [2.24, 2.45) is 0 Å². The number of nitrogens with zero attached hydrogens (tertiary/aromatic N) is 2. The normalized spacial score (nSPS) is 17.1. The van der Waals surface area contributed by atoms with E-state index in [9.17, 15) is 9.59 Å². The van der Waals surface area contributed by atoms with Crippen LogP contribution in [0, 0.1) is 0 Å². The van der Waals surface area contributed by atoms with E-state index in [4.69, 9.17) is 14.6 Å². The van der Waals surface area contributed by atoms with E-state index >= 15 is 0 Å². The topological polar surface area (TPSA) is 89.0 Å². The zero-order valence-electron chi connectivity index (χ0n) is 14.4. The summed E-state index contributed by atoms with van der Waals surface area (Å²) in [5.74, 6) is -0.338. The zero-order valence-corrected chi connectivity index (χ0v) is 15.2. The van der Waals surface area contributed by atoms with Gasteiger partial charge in [-0.25, -0.2) is 4.98 Å². The molecule has 0 saturated carbocycles. The van der Waals surface area contributed by atoms with Gasteiger partial charge in [0.1, 0.15) is 16.5 Å². The lowest BCUT2D eigenvalue weighted by molar-refractivity contribution is -0.141. The third-order valence-corrected chi connectivity index (χ3v) is 4.86. The van der Waals surface area contributed by atoms with E-state index in [2.05, 4.69) is 4.98 Å². The Bertz CT molecular complexity index is 774. The molecule has 8 heteroatoms. The average Bonchev–Trinajstić information content (AvgIpc) is 3.12. The number of amides is 1. The summed E-state index contributed by atoms with van der Waals surface area (Å²) in [5, 5.41) is 11.4. The van der Waals surface area contributed by atoms with Crippen LogP contribution in [-0.4, -0.2) is 59.3 Å². The summed E-state index contributed by atoms with van der Waals surface area (Å²) < 4.78 is 10.8. The number of rotatable bonds is 6. The van der Waals surface area contributed by atoms with Gasteiger partial charge in [-0.1, -0.05) is 0 Å². The van der Waals surface area contributed by atoms with Gasteiger partial charge in [-0.2, -0.15) is 0 Å². The van der Waals surface area contributed by atoms with Crippen LogP contribution >= 0.6 is 11.3 Å². The molecule has 1 saturated heterocycles. The van der Waals surface area contributed by atoms with Gasteiger partial charge >= 0.3 is 5.97 Å². The van der Waals surface area contributed by atoms with Crippen LogP contribution in [0.2, 0.25) is 0 Å². The van der Waals surface area contributed by atoms with Gasteiger partial charge in [-0.05, 0) is 31.2 Å². The molecule has 0 radical (unpaired) electrons. The van der Waals surface area contributed by atoms with Gasteiger partial charge in [0.2, 0.25) is 0 Å². The molecule has 1 aromatic carbocycles. The lowest BCUT2D eigenvalue weighted by Gasteiger charge is -2.31. The highest BCUT2D eigenvalue weighted by molar-refractivity contribution is 7.13. The van der Waals surface area contributed by atoms with E-state index in [0.717, 1.165) is 16.3 Å². The molecule has 2 heterocycles. The highest BCUT2D eigenvalue weighted by Gasteiger charge is 2.27. The fraction of sp³-hybridized carbons (Fsp3) is 0.389. The molecular formula is C18H20N2O5S. The summed E-state index contributed by atoms with van der Waals surface area (Å²) in [4.78, 5) is 29.6. The molecule has 7 nitrogen and oxygen atoms in total. The molecule has 0 unspecified atom stereocenters. The van der Waals surface area contributed by atoms with Crippen LogP contribution in [-0.2, 0) is 9.53 Å². The van der Waals surface area contributed by atoms with Crippen molar-refractivity contribution < 1.29 is 24.2 Å². The number of aliphatic carboxylic acids is 1. The molecule has 1 amide bonds. The standard InChI is InChI=1S/C18H20N2O5S/c1-2-24-13-5-3-12(4-6-13)17-19-15(11-26-17)18(23)20-7-8-25-14(10-20)9-16(21)22/h3-6,11,14H,2,7-10H2,1H3,(H,21,22)/t14-/m0/s1. The van der Waals surface area contributed by atoms with Crippen molar-refractivity contribution in [2.75, 3.05) is 26.3 Å². The first-order chi connectivity index (χ1) is 12.6. The van der Waals surface area contributed by atoms with Gasteiger partial charge in [0, 0.05) is 24.0 Å². The van der Waals surface area contributed by atoms with E-state index < -0.39 is 12.1 Å². The molecule has 1 aliphatic heterocycles. The second kappa shape index (κ2) is 8.29. The number of hydrogen-bond acceptors (Lipinski definition) is 6. The molecule has 2 aromatic rings. The van der Waals surface area contributed by atoms with Crippen LogP contribution in [0.5, 0.6) is 5.75 Å². The van der Waals surface area contributed by atoms with E-state index in [1.165, 1.54) is 11.3 Å². The molecule has 1 N–H and O–H groups in total. The second-order valence-electron chi connectivity index (χ2n) is 5.84. The Morgan fingerprint density at radius 3 is 2.85 bits per heavy atom. The zero-order chi connectivity index (χ0) is 18.5. The first-order valence-corrected chi connectivity index (χ1v) is 9.26. The van der Waals surface area contributed by atoms with Crippen molar-refractivity contribution in [2.45, 2.75) is 19.4 Å². The number of carboxylic acids is 1. The Labute approximate surface area is 155 Å². The lowest BCUT2D eigenvalue weighted by Crippen LogP contribution is -2.46. The summed E-state index contributed by atoms with van der Waals surface area (Å²) in [6.07, 6.45) is -0.590. The minimum atomic E-state index is -0.934. The number of ether oxygens (including phenoxy) is 2.